The molecule has 9 heteroatoms. The molecule has 0 amide bonds. The molecule has 0 atom stereocenters. The van der Waals surface area contributed by atoms with E-state index in [-0.39, 0.29) is 17.4 Å². The summed E-state index contributed by atoms with van der Waals surface area (Å²) in [5.74, 6) is -0.702. The normalized spacial score (nSPS) is 10.9. The third-order valence-electron chi connectivity index (χ3n) is 4.16. The van der Waals surface area contributed by atoms with Gasteiger partial charge in [-0.3, -0.25) is 4.79 Å². The highest BCUT2D eigenvalue weighted by Gasteiger charge is 2.22. The Bertz CT molecular complexity index is 1230. The first-order chi connectivity index (χ1) is 13.6. The molecule has 4 rings (SSSR count). The van der Waals surface area contributed by atoms with E-state index in [0.29, 0.717) is 22.3 Å². The molecule has 0 aliphatic rings. The Morgan fingerprint density at radius 1 is 1.11 bits per heavy atom. The maximum Gasteiger partial charge on any atom is 0.345 e. The minimum Gasteiger partial charge on any atom is -0.438 e. The highest BCUT2D eigenvalue weighted by atomic mass is 35.5. The Morgan fingerprint density at radius 3 is 2.61 bits per heavy atom. The molecule has 140 valence electrons. The van der Waals surface area contributed by atoms with Crippen molar-refractivity contribution in [1.82, 2.24) is 24.8 Å². The van der Waals surface area contributed by atoms with Gasteiger partial charge >= 0.3 is 5.97 Å². The van der Waals surface area contributed by atoms with Gasteiger partial charge in [-0.15, -0.1) is 5.10 Å². The highest BCUT2D eigenvalue weighted by Crippen LogP contribution is 2.24. The lowest BCUT2D eigenvalue weighted by Crippen LogP contribution is -2.26. The number of carbonyl (C=O) groups is 1. The van der Waals surface area contributed by atoms with Crippen LogP contribution in [0.25, 0.3) is 16.6 Å². The number of fused-ring (bicyclic) bond motifs is 1. The van der Waals surface area contributed by atoms with E-state index in [2.05, 4.69) is 15.4 Å². The van der Waals surface area contributed by atoms with Gasteiger partial charge in [-0.2, -0.15) is 9.78 Å². The van der Waals surface area contributed by atoms with Crippen molar-refractivity contribution in [3.8, 4) is 5.69 Å². The van der Waals surface area contributed by atoms with Gasteiger partial charge in [0.1, 0.15) is 16.2 Å². The van der Waals surface area contributed by atoms with Crippen LogP contribution in [0.4, 0.5) is 0 Å². The number of aryl methyl sites for hydroxylation is 1. The maximum absolute atomic E-state index is 12.6. The Hall–Kier alpha value is -3.52. The molecule has 0 N–H and O–H groups in total. The SMILES string of the molecule is Cc1nn(-c2ccccc2)c(Cl)c1C(=O)OCn1nnc2ccccc2c1=O. The van der Waals surface area contributed by atoms with E-state index in [1.807, 2.05) is 30.3 Å². The smallest absolute Gasteiger partial charge is 0.345 e. The molecular weight excluding hydrogens is 382 g/mol. The van der Waals surface area contributed by atoms with Crippen LogP contribution < -0.4 is 5.56 Å². The average Bonchev–Trinajstić information content (AvgIpc) is 3.02. The van der Waals surface area contributed by atoms with Gasteiger partial charge in [0.25, 0.3) is 5.56 Å². The Morgan fingerprint density at radius 2 is 1.82 bits per heavy atom. The van der Waals surface area contributed by atoms with Gasteiger partial charge in [0.15, 0.2) is 6.73 Å². The zero-order chi connectivity index (χ0) is 19.7. The van der Waals surface area contributed by atoms with Crippen molar-refractivity contribution in [2.45, 2.75) is 13.7 Å². The number of carbonyl (C=O) groups excluding carboxylic acids is 1. The average molecular weight is 396 g/mol. The van der Waals surface area contributed by atoms with Crippen molar-refractivity contribution in [2.24, 2.45) is 0 Å². The first kappa shape index (κ1) is 17.9. The molecule has 28 heavy (non-hydrogen) atoms. The molecule has 2 heterocycles. The van der Waals surface area contributed by atoms with Crippen molar-refractivity contribution in [2.75, 3.05) is 0 Å². The molecular formula is C19H14ClN5O3. The molecule has 0 aliphatic heterocycles. The van der Waals surface area contributed by atoms with E-state index in [4.69, 9.17) is 16.3 Å². The number of nitrogens with zero attached hydrogens (tertiary/aromatic N) is 5. The molecule has 0 bridgehead atoms. The van der Waals surface area contributed by atoms with Gasteiger partial charge in [-0.05, 0) is 31.2 Å². The molecule has 4 aromatic rings. The minimum atomic E-state index is -0.702. The predicted octanol–water partition coefficient (Wildman–Crippen LogP) is 2.75. The molecule has 8 nitrogen and oxygen atoms in total. The zero-order valence-electron chi connectivity index (χ0n) is 14.7. The second kappa shape index (κ2) is 7.24. The second-order valence-corrected chi connectivity index (χ2v) is 6.33. The molecule has 0 unspecified atom stereocenters. The first-order valence-electron chi connectivity index (χ1n) is 8.36. The molecule has 0 saturated heterocycles. The van der Waals surface area contributed by atoms with Crippen LogP contribution in [-0.4, -0.2) is 30.7 Å². The molecule has 2 aromatic carbocycles. The molecule has 2 aromatic heterocycles. The summed E-state index contributed by atoms with van der Waals surface area (Å²) in [5, 5.41) is 12.6. The molecule has 0 spiro atoms. The van der Waals surface area contributed by atoms with E-state index < -0.39 is 11.5 Å². The number of benzene rings is 2. The summed E-state index contributed by atoms with van der Waals surface area (Å²) in [6, 6.07) is 16.0. The van der Waals surface area contributed by atoms with Crippen molar-refractivity contribution in [1.29, 1.82) is 0 Å². The van der Waals surface area contributed by atoms with Crippen LogP contribution in [0.5, 0.6) is 0 Å². The topological polar surface area (TPSA) is 91.9 Å². The summed E-state index contributed by atoms with van der Waals surface area (Å²) in [7, 11) is 0. The summed E-state index contributed by atoms with van der Waals surface area (Å²) < 4.78 is 7.67. The fraction of sp³-hybridized carbons (Fsp3) is 0.105. The van der Waals surface area contributed by atoms with Gasteiger partial charge in [0.2, 0.25) is 0 Å². The number of rotatable bonds is 4. The molecule has 0 fully saturated rings. The van der Waals surface area contributed by atoms with Crippen molar-refractivity contribution >= 4 is 28.5 Å². The van der Waals surface area contributed by atoms with Crippen LogP contribution in [0.2, 0.25) is 5.15 Å². The number of ether oxygens (including phenoxy) is 1. The number of halogens is 1. The largest absolute Gasteiger partial charge is 0.438 e. The first-order valence-corrected chi connectivity index (χ1v) is 8.74. The summed E-state index contributed by atoms with van der Waals surface area (Å²) in [6.07, 6.45) is 0. The lowest BCUT2D eigenvalue weighted by atomic mass is 10.2. The summed E-state index contributed by atoms with van der Waals surface area (Å²) >= 11 is 6.35. The van der Waals surface area contributed by atoms with Crippen molar-refractivity contribution in [3.05, 3.63) is 81.4 Å². The van der Waals surface area contributed by atoms with Crippen LogP contribution in [0.15, 0.2) is 59.4 Å². The van der Waals surface area contributed by atoms with E-state index in [0.717, 1.165) is 4.68 Å². The lowest BCUT2D eigenvalue weighted by molar-refractivity contribution is 0.0335. The van der Waals surface area contributed by atoms with Crippen LogP contribution in [0.3, 0.4) is 0 Å². The lowest BCUT2D eigenvalue weighted by Gasteiger charge is -2.07. The van der Waals surface area contributed by atoms with Gasteiger partial charge in [0.05, 0.1) is 16.8 Å². The number of aromatic nitrogens is 5. The molecule has 0 aliphatic carbocycles. The van der Waals surface area contributed by atoms with Crippen LogP contribution in [0.1, 0.15) is 16.1 Å². The predicted molar refractivity (Wildman–Crippen MR) is 103 cm³/mol. The number of hydrogen-bond acceptors (Lipinski definition) is 6. The van der Waals surface area contributed by atoms with E-state index in [1.54, 1.807) is 31.2 Å². The van der Waals surface area contributed by atoms with Crippen molar-refractivity contribution < 1.29 is 9.53 Å². The quantitative estimate of drug-likeness (QED) is 0.493. The van der Waals surface area contributed by atoms with Crippen LogP contribution in [0, 0.1) is 6.92 Å². The standard InChI is InChI=1S/C19H14ClN5O3/c1-12-16(17(20)25(22-12)13-7-3-2-4-8-13)19(27)28-11-24-18(26)14-9-5-6-10-15(14)21-23-24/h2-10H,11H2,1H3. The minimum absolute atomic E-state index is 0.130. The third kappa shape index (κ3) is 3.14. The fourth-order valence-corrected chi connectivity index (χ4v) is 3.12. The maximum atomic E-state index is 12.6. The summed E-state index contributed by atoms with van der Waals surface area (Å²) in [5.41, 5.74) is 1.33. The molecule has 0 saturated carbocycles. The number of esters is 1. The van der Waals surface area contributed by atoms with Gasteiger partial charge in [-0.25, -0.2) is 9.48 Å². The third-order valence-corrected chi connectivity index (χ3v) is 4.51. The Labute approximate surface area is 163 Å². The Kier molecular flexibility index (Phi) is 4.62. The molecule has 0 radical (unpaired) electrons. The zero-order valence-corrected chi connectivity index (χ0v) is 15.5. The van der Waals surface area contributed by atoms with Crippen molar-refractivity contribution in [3.63, 3.8) is 0 Å². The van der Waals surface area contributed by atoms with E-state index in [9.17, 15) is 9.59 Å². The monoisotopic (exact) mass is 395 g/mol. The Balaban J connectivity index is 1.59. The summed E-state index contributed by atoms with van der Waals surface area (Å²) in [6.45, 7) is 1.27. The van der Waals surface area contributed by atoms with Crippen LogP contribution >= 0.6 is 11.6 Å². The van der Waals surface area contributed by atoms with Gasteiger partial charge in [-0.1, -0.05) is 47.1 Å². The van der Waals surface area contributed by atoms with Gasteiger partial charge in [0, 0.05) is 0 Å². The number of para-hydroxylation sites is 1. The number of hydrogen-bond donors (Lipinski definition) is 0. The van der Waals surface area contributed by atoms with E-state index >= 15 is 0 Å². The van der Waals surface area contributed by atoms with E-state index in [1.165, 1.54) is 4.68 Å². The van der Waals surface area contributed by atoms with Crippen LogP contribution in [-0.2, 0) is 11.5 Å². The summed E-state index contributed by atoms with van der Waals surface area (Å²) in [4.78, 5) is 25.0. The second-order valence-electron chi connectivity index (χ2n) is 5.97. The fourth-order valence-electron chi connectivity index (χ4n) is 2.77. The highest BCUT2D eigenvalue weighted by molar-refractivity contribution is 6.33. The van der Waals surface area contributed by atoms with Gasteiger partial charge < -0.3 is 4.74 Å².